The molecule has 5 nitrogen and oxygen atoms in total. The Bertz CT molecular complexity index is 879. The fourth-order valence-electron chi connectivity index (χ4n) is 2.65. The number of phenolic OH excluding ortho intramolecular Hbond substituents is 1. The topological polar surface area (TPSA) is 59.3 Å². The quantitative estimate of drug-likeness (QED) is 0.605. The molecule has 1 aromatic heterocycles. The molecule has 0 spiro atoms. The molecule has 3 aromatic rings. The van der Waals surface area contributed by atoms with Crippen LogP contribution in [0.2, 0.25) is 10.0 Å². The van der Waals surface area contributed by atoms with Gasteiger partial charge in [-0.1, -0.05) is 35.3 Å². The van der Waals surface area contributed by atoms with Crippen LogP contribution in [0.3, 0.4) is 0 Å². The maximum Gasteiger partial charge on any atom is 0.203 e. The van der Waals surface area contributed by atoms with Crippen molar-refractivity contribution in [2.24, 2.45) is 0 Å². The number of rotatable bonds is 7. The summed E-state index contributed by atoms with van der Waals surface area (Å²) in [6, 6.07) is 12.6. The average Bonchev–Trinajstić information content (AvgIpc) is 3.04. The van der Waals surface area contributed by atoms with Crippen LogP contribution < -0.4 is 5.32 Å². The highest BCUT2D eigenvalue weighted by Crippen LogP contribution is 2.26. The third-order valence-corrected chi connectivity index (χ3v) is 4.48. The van der Waals surface area contributed by atoms with Crippen LogP contribution in [0, 0.1) is 0 Å². The third-order valence-electron chi connectivity index (χ3n) is 3.99. The van der Waals surface area contributed by atoms with Crippen LogP contribution in [0.1, 0.15) is 5.56 Å². The van der Waals surface area contributed by atoms with Gasteiger partial charge in [0.1, 0.15) is 5.75 Å². The summed E-state index contributed by atoms with van der Waals surface area (Å²) >= 11 is 12.0. The Hall–Kier alpha value is -2.21. The Morgan fingerprint density at radius 2 is 1.85 bits per heavy atom. The van der Waals surface area contributed by atoms with E-state index < -0.39 is 0 Å². The van der Waals surface area contributed by atoms with Gasteiger partial charge in [-0.2, -0.15) is 0 Å². The fourth-order valence-corrected chi connectivity index (χ4v) is 2.97. The minimum Gasteiger partial charge on any atom is -0.508 e. The lowest BCUT2D eigenvalue weighted by atomic mass is 10.2. The van der Waals surface area contributed by atoms with Gasteiger partial charge in [0.05, 0.1) is 18.5 Å². The van der Waals surface area contributed by atoms with E-state index in [1.165, 1.54) is 0 Å². The molecule has 3 rings (SSSR count). The molecule has 2 N–H and O–H groups in total. The summed E-state index contributed by atoms with van der Waals surface area (Å²) in [5, 5.41) is 14.5. The van der Waals surface area contributed by atoms with E-state index in [9.17, 15) is 5.11 Å². The van der Waals surface area contributed by atoms with Gasteiger partial charge >= 0.3 is 0 Å². The van der Waals surface area contributed by atoms with Crippen molar-refractivity contribution in [2.75, 3.05) is 19.0 Å². The molecule has 7 heteroatoms. The molecule has 0 aliphatic carbocycles. The molecule has 0 amide bonds. The lowest BCUT2D eigenvalue weighted by molar-refractivity contribution is 0.188. The molecule has 136 valence electrons. The van der Waals surface area contributed by atoms with E-state index >= 15 is 0 Å². The smallest absolute Gasteiger partial charge is 0.203 e. The first-order chi connectivity index (χ1) is 12.6. The van der Waals surface area contributed by atoms with Crippen molar-refractivity contribution in [1.29, 1.82) is 0 Å². The number of hydrogen-bond donors (Lipinski definition) is 2. The zero-order valence-corrected chi connectivity index (χ0v) is 15.8. The highest BCUT2D eigenvalue weighted by atomic mass is 35.5. The highest BCUT2D eigenvalue weighted by molar-refractivity contribution is 6.30. The van der Waals surface area contributed by atoms with Crippen LogP contribution in [0.15, 0.2) is 48.7 Å². The molecule has 0 fully saturated rings. The van der Waals surface area contributed by atoms with Gasteiger partial charge in [0.2, 0.25) is 5.95 Å². The highest BCUT2D eigenvalue weighted by Gasteiger charge is 2.12. The number of methoxy groups -OCH3 is 1. The summed E-state index contributed by atoms with van der Waals surface area (Å²) in [5.41, 5.74) is 2.67. The molecule has 0 saturated carbocycles. The van der Waals surface area contributed by atoms with Crippen LogP contribution in [0.25, 0.3) is 11.3 Å². The number of aromatic nitrogens is 2. The Morgan fingerprint density at radius 3 is 2.58 bits per heavy atom. The fraction of sp³-hybridized carbons (Fsp3) is 0.211. The average molecular weight is 392 g/mol. The molecule has 0 unspecified atom stereocenters. The van der Waals surface area contributed by atoms with Crippen molar-refractivity contribution in [3.63, 3.8) is 0 Å². The number of nitrogens with zero attached hydrogens (tertiary/aromatic N) is 2. The summed E-state index contributed by atoms with van der Waals surface area (Å²) in [6.07, 6.45) is 1.80. The number of ether oxygens (including phenoxy) is 1. The number of aromatic hydroxyl groups is 1. The second-order valence-electron chi connectivity index (χ2n) is 5.74. The monoisotopic (exact) mass is 391 g/mol. The van der Waals surface area contributed by atoms with Crippen molar-refractivity contribution in [3.05, 3.63) is 64.3 Å². The molecule has 0 radical (unpaired) electrons. The van der Waals surface area contributed by atoms with Crippen LogP contribution >= 0.6 is 23.2 Å². The van der Waals surface area contributed by atoms with Crippen molar-refractivity contribution in [2.45, 2.75) is 13.1 Å². The lowest BCUT2D eigenvalue weighted by Gasteiger charge is -2.13. The van der Waals surface area contributed by atoms with Crippen LogP contribution in [-0.2, 0) is 17.8 Å². The van der Waals surface area contributed by atoms with E-state index in [1.807, 2.05) is 28.8 Å². The third kappa shape index (κ3) is 4.30. The Kier molecular flexibility index (Phi) is 6.04. The van der Waals surface area contributed by atoms with E-state index in [1.54, 1.807) is 31.5 Å². The molecule has 0 aliphatic heterocycles. The van der Waals surface area contributed by atoms with Crippen LogP contribution in [0.4, 0.5) is 5.95 Å². The number of halogens is 2. The molecule has 0 atom stereocenters. The van der Waals surface area contributed by atoms with Crippen molar-refractivity contribution >= 4 is 29.2 Å². The van der Waals surface area contributed by atoms with Gasteiger partial charge in [-0.05, 0) is 35.9 Å². The van der Waals surface area contributed by atoms with Crippen LogP contribution in [0.5, 0.6) is 5.75 Å². The summed E-state index contributed by atoms with van der Waals surface area (Å²) in [5.74, 6) is 0.876. The number of anilines is 1. The molecule has 0 saturated heterocycles. The zero-order chi connectivity index (χ0) is 18.5. The van der Waals surface area contributed by atoms with Crippen molar-refractivity contribution in [1.82, 2.24) is 9.55 Å². The number of hydrogen-bond acceptors (Lipinski definition) is 4. The second-order valence-corrected chi connectivity index (χ2v) is 6.62. The molecule has 2 aromatic carbocycles. The van der Waals surface area contributed by atoms with E-state index in [2.05, 4.69) is 10.3 Å². The summed E-state index contributed by atoms with van der Waals surface area (Å²) in [6.45, 7) is 1.59. The molecule has 0 bridgehead atoms. The predicted molar refractivity (Wildman–Crippen MR) is 105 cm³/mol. The van der Waals surface area contributed by atoms with Crippen LogP contribution in [-0.4, -0.2) is 28.4 Å². The lowest BCUT2D eigenvalue weighted by Crippen LogP contribution is -2.11. The number of imidazole rings is 1. The standard InChI is InChI=1S/C19H19Cl2N3O2/c1-26-9-8-24-17(13-2-4-15(20)5-3-13)12-23-19(24)22-11-14-10-16(21)6-7-18(14)25/h2-7,10,12,25H,8-9,11H2,1H3,(H,22,23). The van der Waals surface area contributed by atoms with Gasteiger partial charge in [-0.25, -0.2) is 4.98 Å². The van der Waals surface area contributed by atoms with E-state index in [0.29, 0.717) is 41.3 Å². The zero-order valence-electron chi connectivity index (χ0n) is 14.2. The minimum atomic E-state index is 0.190. The Labute approximate surface area is 162 Å². The van der Waals surface area contributed by atoms with E-state index in [-0.39, 0.29) is 5.75 Å². The van der Waals surface area contributed by atoms with Gasteiger partial charge in [0, 0.05) is 35.8 Å². The first-order valence-electron chi connectivity index (χ1n) is 8.10. The Morgan fingerprint density at radius 1 is 1.12 bits per heavy atom. The van der Waals surface area contributed by atoms with Crippen molar-refractivity contribution in [3.8, 4) is 17.0 Å². The molecular weight excluding hydrogens is 373 g/mol. The van der Waals surface area contributed by atoms with E-state index in [4.69, 9.17) is 27.9 Å². The summed E-state index contributed by atoms with van der Waals surface area (Å²) in [7, 11) is 1.66. The van der Waals surface area contributed by atoms with Gasteiger partial charge in [-0.15, -0.1) is 0 Å². The first-order valence-corrected chi connectivity index (χ1v) is 8.85. The van der Waals surface area contributed by atoms with Gasteiger partial charge in [0.15, 0.2) is 0 Å². The Balaban J connectivity index is 1.86. The molecule has 1 heterocycles. The number of benzene rings is 2. The summed E-state index contributed by atoms with van der Waals surface area (Å²) < 4.78 is 7.26. The second kappa shape index (κ2) is 8.45. The SMILES string of the molecule is COCCn1c(-c2ccc(Cl)cc2)cnc1NCc1cc(Cl)ccc1O. The molecule has 0 aliphatic rings. The van der Waals surface area contributed by atoms with Gasteiger partial charge in [-0.3, -0.25) is 0 Å². The predicted octanol–water partition coefficient (Wildman–Crippen LogP) is 4.82. The maximum absolute atomic E-state index is 9.97. The van der Waals surface area contributed by atoms with E-state index in [0.717, 1.165) is 11.3 Å². The first kappa shape index (κ1) is 18.6. The minimum absolute atomic E-state index is 0.190. The number of phenols is 1. The number of nitrogens with one attached hydrogen (secondary N) is 1. The van der Waals surface area contributed by atoms with Gasteiger partial charge < -0.3 is 19.7 Å². The maximum atomic E-state index is 9.97. The van der Waals surface area contributed by atoms with Gasteiger partial charge in [0.25, 0.3) is 0 Å². The summed E-state index contributed by atoms with van der Waals surface area (Å²) in [4.78, 5) is 4.48. The normalized spacial score (nSPS) is 10.9. The molecule has 26 heavy (non-hydrogen) atoms. The molecular formula is C19H19Cl2N3O2. The largest absolute Gasteiger partial charge is 0.508 e. The van der Waals surface area contributed by atoms with Crippen molar-refractivity contribution < 1.29 is 9.84 Å².